The van der Waals surface area contributed by atoms with Gasteiger partial charge in [0, 0.05) is 43.3 Å². The molecule has 5 fully saturated rings. The number of piperidine rings is 1. The molecule has 4 aliphatic carbocycles. The first-order chi connectivity index (χ1) is 15.5. The molecule has 7 nitrogen and oxygen atoms in total. The van der Waals surface area contributed by atoms with E-state index in [1.54, 1.807) is 6.07 Å². The molecule has 170 valence electrons. The zero-order chi connectivity index (χ0) is 21.9. The van der Waals surface area contributed by atoms with Crippen LogP contribution in [0.15, 0.2) is 24.3 Å². The monoisotopic (exact) mass is 437 g/mol. The van der Waals surface area contributed by atoms with Crippen LogP contribution < -0.4 is 15.4 Å². The quantitative estimate of drug-likeness (QED) is 0.761. The van der Waals surface area contributed by atoms with Gasteiger partial charge in [-0.15, -0.1) is 0 Å². The molecule has 0 aromatic heterocycles. The summed E-state index contributed by atoms with van der Waals surface area (Å²) in [7, 11) is 0. The Morgan fingerprint density at radius 1 is 1.06 bits per heavy atom. The number of para-hydroxylation sites is 1. The number of ether oxygens (including phenoxy) is 1. The molecule has 4 atom stereocenters. The Balaban J connectivity index is 1.08. The van der Waals surface area contributed by atoms with E-state index >= 15 is 0 Å². The molecule has 2 aliphatic heterocycles. The van der Waals surface area contributed by atoms with Gasteiger partial charge in [0.2, 0.25) is 11.8 Å². The van der Waals surface area contributed by atoms with Gasteiger partial charge in [-0.2, -0.15) is 0 Å². The summed E-state index contributed by atoms with van der Waals surface area (Å²) < 4.78 is 6.40. The van der Waals surface area contributed by atoms with E-state index < -0.39 is 5.72 Å². The minimum atomic E-state index is -0.681. The second-order valence-corrected chi connectivity index (χ2v) is 10.4. The molecule has 7 heteroatoms. The lowest BCUT2D eigenvalue weighted by Gasteiger charge is -2.55. The molecule has 6 aliphatic rings. The fraction of sp³-hybridized carbons (Fsp3) is 0.640. The molecule has 0 radical (unpaired) electrons. The van der Waals surface area contributed by atoms with Gasteiger partial charge >= 0.3 is 0 Å². The molecule has 1 aromatic rings. The van der Waals surface area contributed by atoms with Gasteiger partial charge in [0.15, 0.2) is 5.72 Å². The zero-order valence-corrected chi connectivity index (χ0v) is 18.3. The second-order valence-electron chi connectivity index (χ2n) is 10.4. The Morgan fingerprint density at radius 3 is 2.56 bits per heavy atom. The first-order valence-corrected chi connectivity index (χ1v) is 12.2. The fourth-order valence-corrected chi connectivity index (χ4v) is 6.42. The van der Waals surface area contributed by atoms with Crippen LogP contribution in [0.1, 0.15) is 61.7 Å². The maximum Gasteiger partial charge on any atom is 0.258 e. The number of nitrogens with zero attached hydrogens (tertiary/aromatic N) is 1. The molecule has 1 aromatic carbocycles. The van der Waals surface area contributed by atoms with Crippen molar-refractivity contribution in [3.8, 4) is 5.75 Å². The van der Waals surface area contributed by atoms with Gasteiger partial charge < -0.3 is 20.3 Å². The van der Waals surface area contributed by atoms with Gasteiger partial charge in [0.25, 0.3) is 5.91 Å². The van der Waals surface area contributed by atoms with Crippen LogP contribution in [0.3, 0.4) is 0 Å². The van der Waals surface area contributed by atoms with Crippen molar-refractivity contribution in [2.45, 2.75) is 63.1 Å². The number of carbonyl (C=O) groups is 3. The standard InChI is InChI=1S/C25H31N3O4/c29-22(26-18-9-11-28(12-10-18)24(31)15-5-6-15)20-13-17-8-7-16(20)14-25(17)27-23(30)19-3-1-2-4-21(19)32-25/h1-4,15-18,20H,5-14H2,(H,26,29)(H,27,30)/t16-,17+,20-,25+/m0/s1. The molecule has 1 spiro atoms. The highest BCUT2D eigenvalue weighted by Gasteiger charge is 2.57. The molecule has 0 unspecified atom stereocenters. The predicted molar refractivity (Wildman–Crippen MR) is 117 cm³/mol. The van der Waals surface area contributed by atoms with Crippen molar-refractivity contribution in [1.29, 1.82) is 0 Å². The number of likely N-dealkylation sites (tertiary alicyclic amines) is 1. The number of amides is 3. The van der Waals surface area contributed by atoms with Gasteiger partial charge in [-0.3, -0.25) is 14.4 Å². The van der Waals surface area contributed by atoms with Crippen LogP contribution in [0.25, 0.3) is 0 Å². The van der Waals surface area contributed by atoms with Crippen molar-refractivity contribution in [2.75, 3.05) is 13.1 Å². The summed E-state index contributed by atoms with van der Waals surface area (Å²) >= 11 is 0. The van der Waals surface area contributed by atoms with Crippen LogP contribution in [0.2, 0.25) is 0 Å². The van der Waals surface area contributed by atoms with E-state index in [1.807, 2.05) is 23.1 Å². The average molecular weight is 438 g/mol. The summed E-state index contributed by atoms with van der Waals surface area (Å²) in [5, 5.41) is 6.45. The van der Waals surface area contributed by atoms with Crippen molar-refractivity contribution in [3.05, 3.63) is 29.8 Å². The van der Waals surface area contributed by atoms with Crippen molar-refractivity contribution in [3.63, 3.8) is 0 Å². The van der Waals surface area contributed by atoms with E-state index in [4.69, 9.17) is 4.74 Å². The molecule has 2 heterocycles. The predicted octanol–water partition coefficient (Wildman–Crippen LogP) is 2.46. The third-order valence-corrected chi connectivity index (χ3v) is 8.38. The fourth-order valence-electron chi connectivity index (χ4n) is 6.42. The van der Waals surface area contributed by atoms with Crippen LogP contribution in [-0.4, -0.2) is 47.5 Å². The van der Waals surface area contributed by atoms with Gasteiger partial charge in [0.05, 0.1) is 5.56 Å². The van der Waals surface area contributed by atoms with E-state index in [0.717, 1.165) is 58.0 Å². The number of hydrogen-bond donors (Lipinski definition) is 2. The van der Waals surface area contributed by atoms with E-state index in [1.165, 1.54) is 0 Å². The Bertz CT molecular complexity index is 952. The van der Waals surface area contributed by atoms with Gasteiger partial charge in [-0.25, -0.2) is 0 Å². The van der Waals surface area contributed by atoms with E-state index in [-0.39, 0.29) is 41.5 Å². The number of carbonyl (C=O) groups excluding carboxylic acids is 3. The van der Waals surface area contributed by atoms with Crippen molar-refractivity contribution in [2.24, 2.45) is 23.7 Å². The van der Waals surface area contributed by atoms with Crippen molar-refractivity contribution < 1.29 is 19.1 Å². The topological polar surface area (TPSA) is 87.7 Å². The maximum atomic E-state index is 13.2. The van der Waals surface area contributed by atoms with Crippen LogP contribution in [0.4, 0.5) is 0 Å². The third kappa shape index (κ3) is 3.37. The summed E-state index contributed by atoms with van der Waals surface area (Å²) in [6.07, 6.45) is 7.16. The molecule has 3 amide bonds. The van der Waals surface area contributed by atoms with E-state index in [0.29, 0.717) is 23.6 Å². The minimum Gasteiger partial charge on any atom is -0.467 e. The van der Waals surface area contributed by atoms with Crippen LogP contribution in [-0.2, 0) is 9.59 Å². The summed E-state index contributed by atoms with van der Waals surface area (Å²) in [6, 6.07) is 7.55. The Kier molecular flexibility index (Phi) is 4.70. The Morgan fingerprint density at radius 2 is 1.84 bits per heavy atom. The van der Waals surface area contributed by atoms with E-state index in [2.05, 4.69) is 10.6 Å². The minimum absolute atomic E-state index is 0.0248. The highest BCUT2D eigenvalue weighted by atomic mass is 16.5. The van der Waals surface area contributed by atoms with Gasteiger partial charge in [-0.05, 0) is 63.0 Å². The molecule has 32 heavy (non-hydrogen) atoms. The summed E-state index contributed by atoms with van der Waals surface area (Å²) in [4.78, 5) is 40.2. The lowest BCUT2D eigenvalue weighted by atomic mass is 9.60. The normalized spacial score (nSPS) is 33.9. The first-order valence-electron chi connectivity index (χ1n) is 12.2. The van der Waals surface area contributed by atoms with Crippen molar-refractivity contribution >= 4 is 17.7 Å². The van der Waals surface area contributed by atoms with Gasteiger partial charge in [-0.1, -0.05) is 12.1 Å². The molecule has 7 rings (SSSR count). The lowest BCUT2D eigenvalue weighted by molar-refractivity contribution is -0.147. The summed E-state index contributed by atoms with van der Waals surface area (Å²) in [5.74, 6) is 1.61. The third-order valence-electron chi connectivity index (χ3n) is 8.38. The molecule has 4 saturated carbocycles. The maximum absolute atomic E-state index is 13.2. The summed E-state index contributed by atoms with van der Waals surface area (Å²) in [6.45, 7) is 1.50. The first kappa shape index (κ1) is 20.1. The SMILES string of the molecule is O=C1N[C@]2(C[C@@H]3CC[C@@H]2C[C@@H]3C(=O)NC2CCN(C(=O)C3CC3)CC2)Oc2ccccc21. The Hall–Kier alpha value is -2.57. The number of hydrogen-bond acceptors (Lipinski definition) is 4. The number of fused-ring (bicyclic) bond motifs is 3. The second kappa shape index (κ2) is 7.49. The van der Waals surface area contributed by atoms with Gasteiger partial charge in [0.1, 0.15) is 5.75 Å². The molecule has 1 saturated heterocycles. The highest BCUT2D eigenvalue weighted by molar-refractivity contribution is 5.98. The molecule has 2 bridgehead atoms. The lowest BCUT2D eigenvalue weighted by Crippen LogP contribution is -2.67. The molecular weight excluding hydrogens is 406 g/mol. The largest absolute Gasteiger partial charge is 0.467 e. The smallest absolute Gasteiger partial charge is 0.258 e. The number of rotatable bonds is 3. The van der Waals surface area contributed by atoms with Crippen LogP contribution in [0.5, 0.6) is 5.75 Å². The molecular formula is C25H31N3O4. The van der Waals surface area contributed by atoms with Crippen LogP contribution >= 0.6 is 0 Å². The van der Waals surface area contributed by atoms with Crippen molar-refractivity contribution in [1.82, 2.24) is 15.5 Å². The van der Waals surface area contributed by atoms with E-state index in [9.17, 15) is 14.4 Å². The molecule has 2 N–H and O–H groups in total. The number of benzene rings is 1. The summed E-state index contributed by atoms with van der Waals surface area (Å²) in [5.41, 5.74) is -0.0972. The highest BCUT2D eigenvalue weighted by Crippen LogP contribution is 2.52. The Labute approximate surface area is 188 Å². The number of nitrogens with one attached hydrogen (secondary N) is 2. The zero-order valence-electron chi connectivity index (χ0n) is 18.3. The van der Waals surface area contributed by atoms with Crippen LogP contribution in [0, 0.1) is 23.7 Å². The average Bonchev–Trinajstić information content (AvgIpc) is 3.65.